The highest BCUT2D eigenvalue weighted by Crippen LogP contribution is 2.30. The second-order valence-corrected chi connectivity index (χ2v) is 7.59. The minimum Gasteiger partial charge on any atom is -0.383 e. The van der Waals surface area contributed by atoms with E-state index in [4.69, 9.17) is 15.7 Å². The number of hydrogen-bond acceptors (Lipinski definition) is 8. The molecule has 1 aliphatic rings. The van der Waals surface area contributed by atoms with Crippen molar-refractivity contribution in [2.45, 2.75) is 32.7 Å². The van der Waals surface area contributed by atoms with Gasteiger partial charge in [0.1, 0.15) is 17.7 Å². The molecule has 3 N–H and O–H groups in total. The van der Waals surface area contributed by atoms with Crippen molar-refractivity contribution in [2.75, 3.05) is 11.1 Å². The molecule has 11 heteroatoms. The topological polar surface area (TPSA) is 147 Å². The first-order valence-corrected chi connectivity index (χ1v) is 10.3. The summed E-state index contributed by atoms with van der Waals surface area (Å²) in [6.07, 6.45) is 4.12. The Hall–Kier alpha value is -4.43. The van der Waals surface area contributed by atoms with Crippen molar-refractivity contribution >= 4 is 23.3 Å². The van der Waals surface area contributed by atoms with Crippen molar-refractivity contribution in [1.82, 2.24) is 19.9 Å². The molecule has 34 heavy (non-hydrogen) atoms. The van der Waals surface area contributed by atoms with E-state index in [0.717, 1.165) is 4.90 Å². The molecule has 0 fully saturated rings. The van der Waals surface area contributed by atoms with Crippen LogP contribution in [0.4, 0.5) is 15.9 Å². The lowest BCUT2D eigenvalue weighted by molar-refractivity contribution is -0.145. The number of ether oxygens (including phenoxy) is 1. The molecular weight excluding hydrogens is 441 g/mol. The Kier molecular flexibility index (Phi) is 6.42. The molecule has 1 aliphatic heterocycles. The summed E-state index contributed by atoms with van der Waals surface area (Å²) in [5, 5.41) is 11.6. The van der Waals surface area contributed by atoms with Crippen molar-refractivity contribution in [2.24, 2.45) is 0 Å². The maximum absolute atomic E-state index is 14.5. The zero-order valence-electron chi connectivity index (χ0n) is 18.2. The fraction of sp³-hybridized carbons (Fsp3) is 0.217. The molecule has 0 saturated carbocycles. The number of aromatic nitrogens is 3. The number of nitrogens with zero attached hydrogens (tertiary/aromatic N) is 5. The van der Waals surface area contributed by atoms with Crippen LogP contribution < -0.4 is 11.1 Å². The van der Waals surface area contributed by atoms with Crippen LogP contribution in [0.5, 0.6) is 0 Å². The summed E-state index contributed by atoms with van der Waals surface area (Å²) in [6, 6.07) is 6.84. The number of carbonyl (C=O) groups is 2. The number of fused-ring (bicyclic) bond motifs is 1. The highest BCUT2D eigenvalue weighted by Gasteiger charge is 2.31. The summed E-state index contributed by atoms with van der Waals surface area (Å²) in [7, 11) is 0. The maximum atomic E-state index is 14.5. The SMILES string of the molecule is CC(c1ncccc1F)N(Cc1ccc(C#N)cn1)C(=O)C(=O)Nc1cnc(N)c2c1COC2. The van der Waals surface area contributed by atoms with Crippen molar-refractivity contribution in [1.29, 1.82) is 5.26 Å². The molecule has 172 valence electrons. The number of nitriles is 1. The normalized spacial score (nSPS) is 13.0. The van der Waals surface area contributed by atoms with Gasteiger partial charge in [0.15, 0.2) is 0 Å². The van der Waals surface area contributed by atoms with E-state index >= 15 is 0 Å². The summed E-state index contributed by atoms with van der Waals surface area (Å²) in [4.78, 5) is 39.7. The molecule has 4 rings (SSSR count). The largest absolute Gasteiger partial charge is 0.383 e. The number of rotatable bonds is 5. The van der Waals surface area contributed by atoms with Gasteiger partial charge < -0.3 is 20.7 Å². The van der Waals surface area contributed by atoms with Crippen molar-refractivity contribution in [3.63, 3.8) is 0 Å². The van der Waals surface area contributed by atoms with E-state index in [1.54, 1.807) is 19.1 Å². The third-order valence-electron chi connectivity index (χ3n) is 5.46. The van der Waals surface area contributed by atoms with Gasteiger partial charge in [0, 0.05) is 23.5 Å². The van der Waals surface area contributed by atoms with Gasteiger partial charge in [-0.3, -0.25) is 19.6 Å². The molecule has 0 radical (unpaired) electrons. The number of carbonyl (C=O) groups excluding carboxylic acids is 2. The molecule has 0 aromatic carbocycles. The number of halogens is 1. The maximum Gasteiger partial charge on any atom is 0.313 e. The average molecular weight is 461 g/mol. The second kappa shape index (κ2) is 9.60. The van der Waals surface area contributed by atoms with Gasteiger partial charge in [0.05, 0.1) is 54.6 Å². The van der Waals surface area contributed by atoms with Gasteiger partial charge in [0.2, 0.25) is 0 Å². The van der Waals surface area contributed by atoms with Crippen LogP contribution in [-0.2, 0) is 34.1 Å². The van der Waals surface area contributed by atoms with Gasteiger partial charge in [-0.2, -0.15) is 5.26 Å². The number of amides is 2. The van der Waals surface area contributed by atoms with Gasteiger partial charge in [-0.15, -0.1) is 0 Å². The van der Waals surface area contributed by atoms with Crippen LogP contribution in [0.25, 0.3) is 0 Å². The zero-order valence-corrected chi connectivity index (χ0v) is 18.2. The molecule has 3 aromatic rings. The van der Waals surface area contributed by atoms with E-state index < -0.39 is 23.7 Å². The molecule has 0 spiro atoms. The molecule has 0 aliphatic carbocycles. The van der Waals surface area contributed by atoms with Gasteiger partial charge >= 0.3 is 11.8 Å². The minimum atomic E-state index is -0.947. The van der Waals surface area contributed by atoms with Crippen LogP contribution in [-0.4, -0.2) is 31.7 Å². The number of nitrogens with two attached hydrogens (primary N) is 1. The van der Waals surface area contributed by atoms with Crippen LogP contribution in [0.2, 0.25) is 0 Å². The summed E-state index contributed by atoms with van der Waals surface area (Å²) in [6.45, 7) is 1.94. The predicted octanol–water partition coefficient (Wildman–Crippen LogP) is 2.22. The minimum absolute atomic E-state index is 0.000683. The molecular formula is C23H20FN7O3. The fourth-order valence-electron chi connectivity index (χ4n) is 3.60. The smallest absolute Gasteiger partial charge is 0.313 e. The summed E-state index contributed by atoms with van der Waals surface area (Å²) >= 11 is 0. The Balaban J connectivity index is 1.63. The quantitative estimate of drug-likeness (QED) is 0.550. The highest BCUT2D eigenvalue weighted by atomic mass is 19.1. The lowest BCUT2D eigenvalue weighted by Gasteiger charge is -2.28. The second-order valence-electron chi connectivity index (χ2n) is 7.59. The standard InChI is InChI=1S/C23H20FN7O3/c1-13(20-18(24)3-2-6-27-20)31(10-15-5-4-14(7-25)8-28-15)23(33)22(32)30-19-9-29-21(26)17-12-34-11-16(17)19/h2-6,8-9,13H,10-12H2,1H3,(H2,26,29)(H,30,32). The predicted molar refractivity (Wildman–Crippen MR) is 118 cm³/mol. The van der Waals surface area contributed by atoms with Gasteiger partial charge in [-0.25, -0.2) is 9.37 Å². The molecule has 1 atom stereocenters. The summed E-state index contributed by atoms with van der Waals surface area (Å²) < 4.78 is 19.8. The Morgan fingerprint density at radius 2 is 2.03 bits per heavy atom. The van der Waals surface area contributed by atoms with Crippen LogP contribution in [0.1, 0.15) is 41.0 Å². The summed E-state index contributed by atoms with van der Waals surface area (Å²) in [5.74, 6) is -2.19. The van der Waals surface area contributed by atoms with Crippen LogP contribution in [0.3, 0.4) is 0 Å². The fourth-order valence-corrected chi connectivity index (χ4v) is 3.60. The van der Waals surface area contributed by atoms with E-state index in [-0.39, 0.29) is 25.5 Å². The Morgan fingerprint density at radius 3 is 2.74 bits per heavy atom. The Labute approximate surface area is 194 Å². The first kappa shape index (κ1) is 22.8. The molecule has 1 unspecified atom stereocenters. The number of hydrogen-bond donors (Lipinski definition) is 2. The van der Waals surface area contributed by atoms with Gasteiger partial charge in [-0.1, -0.05) is 0 Å². The number of nitrogen functional groups attached to an aromatic ring is 1. The third-order valence-corrected chi connectivity index (χ3v) is 5.46. The molecule has 2 amide bonds. The van der Waals surface area contributed by atoms with Crippen LogP contribution in [0.15, 0.2) is 42.9 Å². The molecule has 0 bridgehead atoms. The lowest BCUT2D eigenvalue weighted by Crippen LogP contribution is -2.41. The Bertz CT molecular complexity index is 1290. The number of pyridine rings is 3. The van der Waals surface area contributed by atoms with Crippen molar-refractivity contribution in [3.05, 3.63) is 76.8 Å². The monoisotopic (exact) mass is 461 g/mol. The van der Waals surface area contributed by atoms with Crippen LogP contribution >= 0.6 is 0 Å². The molecule has 4 heterocycles. The first-order chi connectivity index (χ1) is 16.4. The average Bonchev–Trinajstić information content (AvgIpc) is 3.35. The molecule has 3 aromatic heterocycles. The van der Waals surface area contributed by atoms with E-state index in [0.29, 0.717) is 33.9 Å². The first-order valence-electron chi connectivity index (χ1n) is 10.3. The van der Waals surface area contributed by atoms with E-state index in [9.17, 15) is 14.0 Å². The lowest BCUT2D eigenvalue weighted by atomic mass is 10.1. The Morgan fingerprint density at radius 1 is 1.24 bits per heavy atom. The van der Waals surface area contributed by atoms with Crippen LogP contribution in [0, 0.1) is 17.1 Å². The van der Waals surface area contributed by atoms with Crippen molar-refractivity contribution in [3.8, 4) is 6.07 Å². The number of nitrogens with one attached hydrogen (secondary N) is 1. The third kappa shape index (κ3) is 4.53. The highest BCUT2D eigenvalue weighted by molar-refractivity contribution is 6.39. The number of anilines is 2. The molecule has 10 nitrogen and oxygen atoms in total. The zero-order chi connectivity index (χ0) is 24.2. The van der Waals surface area contributed by atoms with E-state index in [1.165, 1.54) is 30.7 Å². The van der Waals surface area contributed by atoms with Gasteiger partial charge in [-0.05, 0) is 31.2 Å². The molecule has 0 saturated heterocycles. The van der Waals surface area contributed by atoms with E-state index in [1.807, 2.05) is 6.07 Å². The van der Waals surface area contributed by atoms with Gasteiger partial charge in [0.25, 0.3) is 0 Å². The van der Waals surface area contributed by atoms with E-state index in [2.05, 4.69) is 20.3 Å². The van der Waals surface area contributed by atoms with Crippen molar-refractivity contribution < 1.29 is 18.7 Å². The summed E-state index contributed by atoms with van der Waals surface area (Å²) in [5.41, 5.74) is 8.23.